The lowest BCUT2D eigenvalue weighted by Gasteiger charge is -2.19. The Balaban J connectivity index is 1.79. The molecular weight excluding hydrogens is 332 g/mol. The Hall–Kier alpha value is -2.79. The van der Waals surface area contributed by atoms with Crippen molar-refractivity contribution < 1.29 is 8.42 Å². The highest BCUT2D eigenvalue weighted by molar-refractivity contribution is 7.92. The van der Waals surface area contributed by atoms with E-state index in [9.17, 15) is 8.42 Å². The van der Waals surface area contributed by atoms with Gasteiger partial charge < -0.3 is 4.90 Å². The van der Waals surface area contributed by atoms with Gasteiger partial charge in [0.2, 0.25) is 0 Å². The summed E-state index contributed by atoms with van der Waals surface area (Å²) in [7, 11) is -1.61. The standard InChI is InChI=1S/C20H20N2O2S/c1-16-7-6-10-20(15-16)25(23,24)21-17-11-13-19(14-12-17)22(2)18-8-4-3-5-9-18/h3-15,21H,1-2H3. The smallest absolute Gasteiger partial charge is 0.261 e. The van der Waals surface area contributed by atoms with Crippen molar-refractivity contribution in [1.29, 1.82) is 0 Å². The van der Waals surface area contributed by atoms with Gasteiger partial charge in [-0.2, -0.15) is 0 Å². The van der Waals surface area contributed by atoms with E-state index in [1.165, 1.54) is 0 Å². The van der Waals surface area contributed by atoms with Gasteiger partial charge in [-0.3, -0.25) is 4.72 Å². The van der Waals surface area contributed by atoms with E-state index in [4.69, 9.17) is 0 Å². The zero-order valence-electron chi connectivity index (χ0n) is 14.2. The number of hydrogen-bond acceptors (Lipinski definition) is 3. The summed E-state index contributed by atoms with van der Waals surface area (Å²) >= 11 is 0. The maximum Gasteiger partial charge on any atom is 0.261 e. The third kappa shape index (κ3) is 4.00. The van der Waals surface area contributed by atoms with Gasteiger partial charge in [0.25, 0.3) is 10.0 Å². The molecule has 1 N–H and O–H groups in total. The average molecular weight is 352 g/mol. The highest BCUT2D eigenvalue weighted by Gasteiger charge is 2.14. The van der Waals surface area contributed by atoms with Gasteiger partial charge in [0, 0.05) is 24.1 Å². The maximum atomic E-state index is 12.5. The molecule has 0 aliphatic heterocycles. The minimum absolute atomic E-state index is 0.262. The third-order valence-electron chi connectivity index (χ3n) is 3.95. The summed E-state index contributed by atoms with van der Waals surface area (Å²) in [5, 5.41) is 0. The fraction of sp³-hybridized carbons (Fsp3) is 0.100. The second-order valence-electron chi connectivity index (χ2n) is 5.86. The molecule has 0 aliphatic rings. The van der Waals surface area contributed by atoms with Crippen LogP contribution in [0.15, 0.2) is 83.8 Å². The van der Waals surface area contributed by atoms with Gasteiger partial charge in [0.1, 0.15) is 0 Å². The summed E-state index contributed by atoms with van der Waals surface area (Å²) < 4.78 is 27.6. The molecule has 0 radical (unpaired) electrons. The number of rotatable bonds is 5. The monoisotopic (exact) mass is 352 g/mol. The lowest BCUT2D eigenvalue weighted by molar-refractivity contribution is 0.601. The van der Waals surface area contributed by atoms with E-state index in [0.717, 1.165) is 16.9 Å². The van der Waals surface area contributed by atoms with Crippen LogP contribution < -0.4 is 9.62 Å². The fourth-order valence-electron chi connectivity index (χ4n) is 2.55. The Morgan fingerprint density at radius 2 is 1.44 bits per heavy atom. The quantitative estimate of drug-likeness (QED) is 0.732. The van der Waals surface area contributed by atoms with Gasteiger partial charge in [0.15, 0.2) is 0 Å². The van der Waals surface area contributed by atoms with Crippen molar-refractivity contribution in [3.05, 3.63) is 84.4 Å². The molecule has 4 nitrogen and oxygen atoms in total. The maximum absolute atomic E-state index is 12.5. The Morgan fingerprint density at radius 1 is 0.800 bits per heavy atom. The minimum atomic E-state index is -3.58. The molecule has 0 saturated carbocycles. The summed E-state index contributed by atoms with van der Waals surface area (Å²) in [6.07, 6.45) is 0. The predicted molar refractivity (Wildman–Crippen MR) is 103 cm³/mol. The second kappa shape index (κ2) is 6.99. The van der Waals surface area contributed by atoms with Crippen LogP contribution in [0.4, 0.5) is 17.1 Å². The molecule has 3 aromatic rings. The van der Waals surface area contributed by atoms with E-state index < -0.39 is 10.0 Å². The molecule has 25 heavy (non-hydrogen) atoms. The van der Waals surface area contributed by atoms with Crippen LogP contribution in [0.25, 0.3) is 0 Å². The van der Waals surface area contributed by atoms with E-state index in [-0.39, 0.29) is 4.90 Å². The van der Waals surface area contributed by atoms with Gasteiger partial charge in [0.05, 0.1) is 4.90 Å². The van der Waals surface area contributed by atoms with Crippen LogP contribution in [-0.4, -0.2) is 15.5 Å². The molecule has 0 unspecified atom stereocenters. The number of anilines is 3. The van der Waals surface area contributed by atoms with Crippen LogP contribution in [-0.2, 0) is 10.0 Å². The van der Waals surface area contributed by atoms with E-state index in [2.05, 4.69) is 4.72 Å². The van der Waals surface area contributed by atoms with Crippen LogP contribution in [0.2, 0.25) is 0 Å². The largest absolute Gasteiger partial charge is 0.345 e. The zero-order valence-corrected chi connectivity index (χ0v) is 15.0. The first-order valence-corrected chi connectivity index (χ1v) is 9.42. The third-order valence-corrected chi connectivity index (χ3v) is 5.33. The first-order valence-electron chi connectivity index (χ1n) is 7.94. The number of sulfonamides is 1. The van der Waals surface area contributed by atoms with E-state index >= 15 is 0 Å². The van der Waals surface area contributed by atoms with Crippen LogP contribution in [0.5, 0.6) is 0 Å². The Bertz CT molecular complexity index is 953. The number of para-hydroxylation sites is 1. The van der Waals surface area contributed by atoms with Gasteiger partial charge in [-0.25, -0.2) is 8.42 Å². The lowest BCUT2D eigenvalue weighted by Crippen LogP contribution is -2.13. The molecule has 0 saturated heterocycles. The van der Waals surface area contributed by atoms with Crippen molar-refractivity contribution in [2.45, 2.75) is 11.8 Å². The summed E-state index contributed by atoms with van der Waals surface area (Å²) in [5.41, 5.74) is 3.48. The molecule has 5 heteroatoms. The van der Waals surface area contributed by atoms with Crippen molar-refractivity contribution in [3.63, 3.8) is 0 Å². The summed E-state index contributed by atoms with van der Waals surface area (Å²) in [6, 6.07) is 24.1. The number of hydrogen-bond donors (Lipinski definition) is 1. The molecular formula is C20H20N2O2S. The number of nitrogens with zero attached hydrogens (tertiary/aromatic N) is 1. The molecule has 0 atom stereocenters. The summed E-state index contributed by atoms with van der Waals surface area (Å²) in [5.74, 6) is 0. The molecule has 128 valence electrons. The van der Waals surface area contributed by atoms with E-state index in [1.54, 1.807) is 30.3 Å². The molecule has 0 spiro atoms. The zero-order chi connectivity index (χ0) is 17.9. The van der Waals surface area contributed by atoms with Crippen LogP contribution in [0.3, 0.4) is 0 Å². The summed E-state index contributed by atoms with van der Waals surface area (Å²) in [4.78, 5) is 2.30. The SMILES string of the molecule is Cc1cccc(S(=O)(=O)Nc2ccc(N(C)c3ccccc3)cc2)c1. The van der Waals surface area contributed by atoms with E-state index in [1.807, 2.05) is 67.4 Å². The first kappa shape index (κ1) is 17.0. The Morgan fingerprint density at radius 3 is 2.08 bits per heavy atom. The Kier molecular flexibility index (Phi) is 4.76. The van der Waals surface area contributed by atoms with Crippen molar-refractivity contribution in [3.8, 4) is 0 Å². The van der Waals surface area contributed by atoms with Crippen molar-refractivity contribution >= 4 is 27.1 Å². The first-order chi connectivity index (χ1) is 12.0. The van der Waals surface area contributed by atoms with E-state index in [0.29, 0.717) is 5.69 Å². The predicted octanol–water partition coefficient (Wildman–Crippen LogP) is 4.56. The van der Waals surface area contributed by atoms with Gasteiger partial charge in [-0.05, 0) is 61.0 Å². The normalized spacial score (nSPS) is 11.1. The minimum Gasteiger partial charge on any atom is -0.345 e. The fourth-order valence-corrected chi connectivity index (χ4v) is 3.71. The second-order valence-corrected chi connectivity index (χ2v) is 7.55. The molecule has 0 aromatic heterocycles. The summed E-state index contributed by atoms with van der Waals surface area (Å²) in [6.45, 7) is 1.87. The average Bonchev–Trinajstić information content (AvgIpc) is 2.62. The van der Waals surface area contributed by atoms with Crippen molar-refractivity contribution in [2.24, 2.45) is 0 Å². The Labute approximate surface area is 148 Å². The van der Waals surface area contributed by atoms with Crippen molar-refractivity contribution in [2.75, 3.05) is 16.7 Å². The molecule has 0 amide bonds. The topological polar surface area (TPSA) is 49.4 Å². The van der Waals surface area contributed by atoms with Gasteiger partial charge in [-0.1, -0.05) is 30.3 Å². The number of benzene rings is 3. The molecule has 0 fully saturated rings. The lowest BCUT2D eigenvalue weighted by atomic mass is 10.2. The molecule has 0 heterocycles. The van der Waals surface area contributed by atoms with Crippen LogP contribution in [0, 0.1) is 6.92 Å². The molecule has 3 aromatic carbocycles. The van der Waals surface area contributed by atoms with Crippen LogP contribution >= 0.6 is 0 Å². The van der Waals surface area contributed by atoms with Gasteiger partial charge >= 0.3 is 0 Å². The molecule has 0 bridgehead atoms. The molecule has 3 rings (SSSR count). The van der Waals surface area contributed by atoms with Crippen molar-refractivity contribution in [1.82, 2.24) is 0 Å². The number of nitrogens with one attached hydrogen (secondary N) is 1. The highest BCUT2D eigenvalue weighted by Crippen LogP contribution is 2.25. The van der Waals surface area contributed by atoms with Crippen LogP contribution in [0.1, 0.15) is 5.56 Å². The number of aryl methyl sites for hydroxylation is 1. The molecule has 0 aliphatic carbocycles. The van der Waals surface area contributed by atoms with Gasteiger partial charge in [-0.15, -0.1) is 0 Å². The highest BCUT2D eigenvalue weighted by atomic mass is 32.2.